The number of nitrogens with zero attached hydrogens (tertiary/aromatic N) is 1. The molecule has 1 N–H and O–H groups in total. The molecule has 174 valence electrons. The fraction of sp³-hybridized carbons (Fsp3) is 0.333. The zero-order chi connectivity index (χ0) is 23.0. The Balaban J connectivity index is 1.24. The van der Waals surface area contributed by atoms with Crippen molar-refractivity contribution in [2.24, 2.45) is 0 Å². The molecule has 1 fully saturated rings. The molecule has 1 heterocycles. The van der Waals surface area contributed by atoms with E-state index in [1.807, 2.05) is 36.4 Å². The van der Waals surface area contributed by atoms with Crippen molar-refractivity contribution < 1.29 is 8.78 Å². The average Bonchev–Trinajstić information content (AvgIpc) is 2.83. The summed E-state index contributed by atoms with van der Waals surface area (Å²) in [7, 11) is 0. The van der Waals surface area contributed by atoms with E-state index in [0.29, 0.717) is 6.04 Å². The minimum absolute atomic E-state index is 0.0502. The molecule has 0 saturated carbocycles. The first-order valence-electron chi connectivity index (χ1n) is 11.4. The van der Waals surface area contributed by atoms with Crippen LogP contribution in [0.1, 0.15) is 34.8 Å². The third kappa shape index (κ3) is 7.28. The number of rotatable bonds is 9. The summed E-state index contributed by atoms with van der Waals surface area (Å²) in [4.78, 5) is 2.50. The van der Waals surface area contributed by atoms with Crippen LogP contribution in [0.15, 0.2) is 72.8 Å². The highest BCUT2D eigenvalue weighted by Crippen LogP contribution is 2.35. The minimum Gasteiger partial charge on any atom is -0.313 e. The predicted molar refractivity (Wildman–Crippen MR) is 135 cm³/mol. The zero-order valence-electron chi connectivity index (χ0n) is 18.5. The lowest BCUT2D eigenvalue weighted by Crippen LogP contribution is -2.42. The predicted octanol–water partition coefficient (Wildman–Crippen LogP) is 6.70. The normalized spacial score (nSPS) is 15.3. The third-order valence-corrected chi connectivity index (χ3v) is 7.64. The number of likely N-dealkylation sites (tertiary alicyclic amines) is 1. The molecule has 2 nitrogen and oxygen atoms in total. The van der Waals surface area contributed by atoms with Gasteiger partial charge in [-0.1, -0.05) is 48.0 Å². The summed E-state index contributed by atoms with van der Waals surface area (Å²) in [6, 6.07) is 21.9. The molecular weight excluding hydrogens is 458 g/mol. The lowest BCUT2D eigenvalue weighted by molar-refractivity contribution is 0.192. The molecule has 0 unspecified atom stereocenters. The van der Waals surface area contributed by atoms with Crippen LogP contribution < -0.4 is 5.32 Å². The van der Waals surface area contributed by atoms with Gasteiger partial charge in [0.15, 0.2) is 0 Å². The Morgan fingerprint density at radius 1 is 0.848 bits per heavy atom. The van der Waals surface area contributed by atoms with Crippen molar-refractivity contribution in [1.82, 2.24) is 10.2 Å². The molecule has 1 aliphatic heterocycles. The Labute approximate surface area is 204 Å². The highest BCUT2D eigenvalue weighted by Gasteiger charge is 2.19. The summed E-state index contributed by atoms with van der Waals surface area (Å²) in [6.45, 7) is 4.05. The summed E-state index contributed by atoms with van der Waals surface area (Å²) in [6.07, 6.45) is 2.27. The van der Waals surface area contributed by atoms with Crippen molar-refractivity contribution in [2.45, 2.75) is 30.7 Å². The van der Waals surface area contributed by atoms with Crippen LogP contribution in [0.25, 0.3) is 0 Å². The van der Waals surface area contributed by atoms with Crippen molar-refractivity contribution in [1.29, 1.82) is 0 Å². The van der Waals surface area contributed by atoms with Gasteiger partial charge in [0.25, 0.3) is 0 Å². The summed E-state index contributed by atoms with van der Waals surface area (Å²) < 4.78 is 26.8. The molecule has 1 saturated heterocycles. The highest BCUT2D eigenvalue weighted by molar-refractivity contribution is 7.99. The van der Waals surface area contributed by atoms with E-state index in [1.165, 1.54) is 29.8 Å². The van der Waals surface area contributed by atoms with E-state index in [4.69, 9.17) is 11.6 Å². The fourth-order valence-electron chi connectivity index (χ4n) is 4.24. The Bertz CT molecular complexity index is 943. The zero-order valence-corrected chi connectivity index (χ0v) is 20.1. The van der Waals surface area contributed by atoms with Crippen LogP contribution in [0.2, 0.25) is 5.02 Å². The molecule has 4 rings (SSSR count). The van der Waals surface area contributed by atoms with Gasteiger partial charge in [-0.15, -0.1) is 11.8 Å². The van der Waals surface area contributed by atoms with Gasteiger partial charge in [-0.05, 0) is 79.0 Å². The smallest absolute Gasteiger partial charge is 0.123 e. The molecule has 6 heteroatoms. The summed E-state index contributed by atoms with van der Waals surface area (Å²) >= 11 is 7.78. The molecule has 0 aromatic heterocycles. The molecular formula is C27H29ClF2N2S. The van der Waals surface area contributed by atoms with Crippen molar-refractivity contribution in [3.8, 4) is 0 Å². The molecule has 0 aliphatic carbocycles. The maximum atomic E-state index is 13.4. The van der Waals surface area contributed by atoms with Crippen molar-refractivity contribution in [3.05, 3.63) is 106 Å². The first-order chi connectivity index (χ1) is 16.1. The van der Waals surface area contributed by atoms with Gasteiger partial charge in [0.1, 0.15) is 11.6 Å². The monoisotopic (exact) mass is 486 g/mol. The Hall–Kier alpha value is -1.92. The molecule has 0 atom stereocenters. The molecule has 0 spiro atoms. The van der Waals surface area contributed by atoms with Crippen LogP contribution in [-0.2, 0) is 6.54 Å². The van der Waals surface area contributed by atoms with Gasteiger partial charge >= 0.3 is 0 Å². The van der Waals surface area contributed by atoms with Gasteiger partial charge in [-0.25, -0.2) is 8.78 Å². The number of nitrogens with one attached hydrogen (secondary N) is 1. The lowest BCUT2D eigenvalue weighted by atomic mass is 10.0. The minimum atomic E-state index is -0.245. The van der Waals surface area contributed by atoms with E-state index in [1.54, 1.807) is 11.8 Å². The number of thioether (sulfide) groups is 1. The SMILES string of the molecule is Fc1ccc(C(SCCNC2CCN(Cc3ccc(Cl)cc3)CC2)c2ccc(F)cc2)cc1. The number of halogens is 3. The quantitative estimate of drug-likeness (QED) is 0.339. The van der Waals surface area contributed by atoms with Crippen LogP contribution >= 0.6 is 23.4 Å². The number of piperidine rings is 1. The second-order valence-corrected chi connectivity index (χ2v) is 10.1. The summed E-state index contributed by atoms with van der Waals surface area (Å²) in [5, 5.41) is 4.53. The van der Waals surface area contributed by atoms with E-state index < -0.39 is 0 Å². The average molecular weight is 487 g/mol. The van der Waals surface area contributed by atoms with Gasteiger partial charge < -0.3 is 5.32 Å². The van der Waals surface area contributed by atoms with E-state index in [9.17, 15) is 8.78 Å². The largest absolute Gasteiger partial charge is 0.313 e. The maximum absolute atomic E-state index is 13.4. The van der Waals surface area contributed by atoms with Crippen molar-refractivity contribution in [3.63, 3.8) is 0 Å². The van der Waals surface area contributed by atoms with E-state index >= 15 is 0 Å². The van der Waals surface area contributed by atoms with Gasteiger partial charge in [-0.3, -0.25) is 4.90 Å². The molecule has 33 heavy (non-hydrogen) atoms. The maximum Gasteiger partial charge on any atom is 0.123 e. The number of hydrogen-bond acceptors (Lipinski definition) is 3. The Morgan fingerprint density at radius 2 is 1.39 bits per heavy atom. The summed E-state index contributed by atoms with van der Waals surface area (Å²) in [5.41, 5.74) is 3.36. The molecule has 0 amide bonds. The van der Waals surface area contributed by atoms with Crippen LogP contribution in [-0.4, -0.2) is 36.3 Å². The van der Waals surface area contributed by atoms with Gasteiger partial charge in [0.05, 0.1) is 5.25 Å². The summed E-state index contributed by atoms with van der Waals surface area (Å²) in [5.74, 6) is 0.432. The van der Waals surface area contributed by atoms with Crippen molar-refractivity contribution in [2.75, 3.05) is 25.4 Å². The first kappa shape index (κ1) is 24.2. The lowest BCUT2D eigenvalue weighted by Gasteiger charge is -2.32. The second-order valence-electron chi connectivity index (χ2n) is 8.48. The molecule has 1 aliphatic rings. The first-order valence-corrected chi connectivity index (χ1v) is 12.8. The molecule has 0 bridgehead atoms. The fourth-order valence-corrected chi connectivity index (χ4v) is 5.54. The van der Waals surface area contributed by atoms with Crippen LogP contribution in [0, 0.1) is 11.6 Å². The molecule has 3 aromatic rings. The van der Waals surface area contributed by atoms with Crippen LogP contribution in [0.5, 0.6) is 0 Å². The van der Waals surface area contributed by atoms with E-state index in [-0.39, 0.29) is 16.9 Å². The standard InChI is InChI=1S/C27H29ClF2N2S/c28-23-7-1-20(2-8-23)19-32-16-13-26(14-17-32)31-15-18-33-27(21-3-9-24(29)10-4-21)22-5-11-25(30)12-6-22/h1-12,26-27,31H,13-19H2. The molecule has 0 radical (unpaired) electrons. The van der Waals surface area contributed by atoms with Crippen molar-refractivity contribution >= 4 is 23.4 Å². The second kappa shape index (κ2) is 12.0. The van der Waals surface area contributed by atoms with Crippen LogP contribution in [0.3, 0.4) is 0 Å². The van der Waals surface area contributed by atoms with E-state index in [0.717, 1.165) is 60.9 Å². The Morgan fingerprint density at radius 3 is 1.94 bits per heavy atom. The van der Waals surface area contributed by atoms with Gasteiger partial charge in [0.2, 0.25) is 0 Å². The number of hydrogen-bond donors (Lipinski definition) is 1. The van der Waals surface area contributed by atoms with Gasteiger partial charge in [-0.2, -0.15) is 0 Å². The Kier molecular flexibility index (Phi) is 8.79. The van der Waals surface area contributed by atoms with E-state index in [2.05, 4.69) is 22.3 Å². The highest BCUT2D eigenvalue weighted by atomic mass is 35.5. The number of benzene rings is 3. The molecule has 3 aromatic carbocycles. The van der Waals surface area contributed by atoms with Gasteiger partial charge in [0, 0.05) is 29.9 Å². The topological polar surface area (TPSA) is 15.3 Å². The van der Waals surface area contributed by atoms with Crippen LogP contribution in [0.4, 0.5) is 8.78 Å². The third-order valence-electron chi connectivity index (χ3n) is 6.07.